The molecule has 124 valence electrons. The number of halogens is 1. The molecular weight excluding hydrogens is 285 g/mol. The summed E-state index contributed by atoms with van der Waals surface area (Å²) in [5.74, 6) is -0.406. The van der Waals surface area contributed by atoms with Crippen molar-refractivity contribution >= 4 is 11.8 Å². The van der Waals surface area contributed by atoms with Crippen molar-refractivity contribution in [3.05, 3.63) is 22.4 Å². The summed E-state index contributed by atoms with van der Waals surface area (Å²) >= 11 is 0. The van der Waals surface area contributed by atoms with Gasteiger partial charge in [-0.25, -0.2) is 9.18 Å². The average molecular weight is 311 g/mol. The molecule has 0 bridgehead atoms. The van der Waals surface area contributed by atoms with E-state index in [1.807, 2.05) is 13.8 Å². The van der Waals surface area contributed by atoms with Crippen LogP contribution in [0.2, 0.25) is 0 Å². The van der Waals surface area contributed by atoms with E-state index in [-0.39, 0.29) is 25.4 Å². The third-order valence-electron chi connectivity index (χ3n) is 3.79. The molecule has 0 aromatic heterocycles. The van der Waals surface area contributed by atoms with Crippen molar-refractivity contribution in [2.24, 2.45) is 0 Å². The van der Waals surface area contributed by atoms with E-state index in [0.717, 1.165) is 11.3 Å². The van der Waals surface area contributed by atoms with E-state index >= 15 is 0 Å². The maximum Gasteiger partial charge on any atom is 0.338 e. The van der Waals surface area contributed by atoms with Gasteiger partial charge in [-0.2, -0.15) is 0 Å². The van der Waals surface area contributed by atoms with Crippen LogP contribution in [0.1, 0.15) is 53.4 Å². The van der Waals surface area contributed by atoms with Gasteiger partial charge in [0, 0.05) is 12.1 Å². The van der Waals surface area contributed by atoms with Crippen molar-refractivity contribution in [2.75, 3.05) is 13.2 Å². The molecule has 1 unspecified atom stereocenters. The molecule has 4 nitrogen and oxygen atoms in total. The Balaban J connectivity index is 3.24. The van der Waals surface area contributed by atoms with Crippen LogP contribution in [0.25, 0.3) is 0 Å². The van der Waals surface area contributed by atoms with Crippen molar-refractivity contribution in [3.8, 4) is 0 Å². The van der Waals surface area contributed by atoms with Crippen LogP contribution in [-0.2, 0) is 14.3 Å². The summed E-state index contributed by atoms with van der Waals surface area (Å²) in [6, 6.07) is 0. The van der Waals surface area contributed by atoms with Gasteiger partial charge in [0.2, 0.25) is 0 Å². The van der Waals surface area contributed by atoms with E-state index in [0.29, 0.717) is 30.4 Å². The fourth-order valence-electron chi connectivity index (χ4n) is 2.51. The molecule has 0 saturated heterocycles. The number of carbonyl (C=O) groups excluding carboxylic acids is 2. The smallest absolute Gasteiger partial charge is 0.338 e. The Morgan fingerprint density at radius 1 is 1.32 bits per heavy atom. The molecule has 1 atom stereocenters. The highest BCUT2D eigenvalue weighted by Crippen LogP contribution is 2.33. The van der Waals surface area contributed by atoms with Gasteiger partial charge >= 0.3 is 5.97 Å². The predicted octanol–water partition coefficient (Wildman–Crippen LogP) is 3.23. The fourth-order valence-corrected chi connectivity index (χ4v) is 2.51. The number of hydrogen-bond donors (Lipinski definition) is 1. The molecule has 5 heteroatoms. The fraction of sp³-hybridized carbons (Fsp3) is 0.647. The number of ketones is 1. The zero-order chi connectivity index (χ0) is 16.7. The van der Waals surface area contributed by atoms with Gasteiger partial charge in [-0.05, 0) is 45.6 Å². The van der Waals surface area contributed by atoms with Crippen molar-refractivity contribution in [1.82, 2.24) is 5.32 Å². The molecule has 1 aliphatic carbocycles. The Morgan fingerprint density at radius 3 is 2.55 bits per heavy atom. The van der Waals surface area contributed by atoms with E-state index < -0.39 is 12.1 Å². The largest absolute Gasteiger partial charge is 0.462 e. The number of esters is 1. The normalized spacial score (nSPS) is 19.6. The lowest BCUT2D eigenvalue weighted by atomic mass is 9.87. The average Bonchev–Trinajstić information content (AvgIpc) is 2.46. The molecule has 0 heterocycles. The molecule has 0 radical (unpaired) electrons. The Kier molecular flexibility index (Phi) is 7.28. The molecule has 0 aliphatic heterocycles. The van der Waals surface area contributed by atoms with Crippen LogP contribution in [-0.4, -0.2) is 31.1 Å². The summed E-state index contributed by atoms with van der Waals surface area (Å²) in [5, 5.41) is 3.07. The Morgan fingerprint density at radius 2 is 2.00 bits per heavy atom. The van der Waals surface area contributed by atoms with Crippen LogP contribution >= 0.6 is 0 Å². The third kappa shape index (κ3) is 4.97. The maximum absolute atomic E-state index is 13.9. The first-order valence-corrected chi connectivity index (χ1v) is 7.87. The molecule has 0 spiro atoms. The lowest BCUT2D eigenvalue weighted by Crippen LogP contribution is -2.28. The molecule has 1 aliphatic rings. The zero-order valence-electron chi connectivity index (χ0n) is 13.9. The minimum atomic E-state index is -0.966. The molecule has 0 saturated carbocycles. The number of allylic oxidation sites excluding steroid dienone is 2. The van der Waals surface area contributed by atoms with E-state index in [4.69, 9.17) is 4.74 Å². The van der Waals surface area contributed by atoms with Gasteiger partial charge in [0.1, 0.15) is 12.0 Å². The second kappa shape index (κ2) is 8.71. The van der Waals surface area contributed by atoms with Gasteiger partial charge in [-0.1, -0.05) is 12.5 Å². The van der Waals surface area contributed by atoms with Crippen LogP contribution in [0.3, 0.4) is 0 Å². The number of carbonyl (C=O) groups is 2. The number of nitrogens with one attached hydrogen (secondary N) is 1. The van der Waals surface area contributed by atoms with Crippen molar-refractivity contribution in [2.45, 2.75) is 59.5 Å². The number of alkyl halides is 1. The highest BCUT2D eigenvalue weighted by molar-refractivity contribution is 5.94. The van der Waals surface area contributed by atoms with Crippen molar-refractivity contribution in [3.63, 3.8) is 0 Å². The lowest BCUT2D eigenvalue weighted by molar-refractivity contribution is -0.138. The monoisotopic (exact) mass is 311 g/mol. The maximum atomic E-state index is 13.9. The van der Waals surface area contributed by atoms with E-state index in [1.54, 1.807) is 6.92 Å². The quantitative estimate of drug-likeness (QED) is 0.579. The Hall–Kier alpha value is -1.65. The van der Waals surface area contributed by atoms with E-state index in [9.17, 15) is 14.0 Å². The summed E-state index contributed by atoms with van der Waals surface area (Å²) in [6.07, 6.45) is 0.821. The summed E-state index contributed by atoms with van der Waals surface area (Å²) in [7, 11) is 0. The Bertz CT molecular complexity index is 494. The number of ether oxygens (including phenoxy) is 1. The first-order chi connectivity index (χ1) is 10.4. The second-order valence-electron chi connectivity index (χ2n) is 5.58. The molecule has 1 rings (SSSR count). The van der Waals surface area contributed by atoms with Crippen LogP contribution in [0.15, 0.2) is 22.4 Å². The molecular formula is C17H26FNO3. The first kappa shape index (κ1) is 18.4. The van der Waals surface area contributed by atoms with E-state index in [1.165, 1.54) is 6.92 Å². The van der Waals surface area contributed by atoms with Gasteiger partial charge in [-0.15, -0.1) is 0 Å². The van der Waals surface area contributed by atoms with Crippen LogP contribution < -0.4 is 5.32 Å². The highest BCUT2D eigenvalue weighted by Gasteiger charge is 2.28. The van der Waals surface area contributed by atoms with Gasteiger partial charge in [0.05, 0.1) is 18.7 Å². The SMILES string of the molecule is CCOC(=O)C(=C(C)CC)C1=C(NCC(C)=O)CCC(F)C1. The van der Waals surface area contributed by atoms with Gasteiger partial charge in [-0.3, -0.25) is 4.79 Å². The minimum absolute atomic E-state index is 0.00287. The summed E-state index contributed by atoms with van der Waals surface area (Å²) in [5.41, 5.74) is 2.81. The number of rotatable bonds is 7. The van der Waals surface area contributed by atoms with Gasteiger partial charge in [0.25, 0.3) is 0 Å². The first-order valence-electron chi connectivity index (χ1n) is 7.87. The predicted molar refractivity (Wildman–Crippen MR) is 84.1 cm³/mol. The highest BCUT2D eigenvalue weighted by atomic mass is 19.1. The second-order valence-corrected chi connectivity index (χ2v) is 5.58. The molecule has 0 aromatic carbocycles. The topological polar surface area (TPSA) is 55.4 Å². The lowest BCUT2D eigenvalue weighted by Gasteiger charge is -2.26. The van der Waals surface area contributed by atoms with Crippen LogP contribution in [0.4, 0.5) is 4.39 Å². The molecule has 22 heavy (non-hydrogen) atoms. The zero-order valence-corrected chi connectivity index (χ0v) is 13.9. The molecule has 0 amide bonds. The van der Waals surface area contributed by atoms with Crippen molar-refractivity contribution < 1.29 is 18.7 Å². The standard InChI is InChI=1S/C17H26FNO3/c1-5-11(3)16(17(21)22-6-2)14-9-13(18)7-8-15(14)19-10-12(4)20/h13,19H,5-10H2,1-4H3. The van der Waals surface area contributed by atoms with Crippen molar-refractivity contribution in [1.29, 1.82) is 0 Å². The van der Waals surface area contributed by atoms with Crippen LogP contribution in [0.5, 0.6) is 0 Å². The molecule has 0 fully saturated rings. The number of hydrogen-bond acceptors (Lipinski definition) is 4. The van der Waals surface area contributed by atoms with Gasteiger partial charge in [0.15, 0.2) is 0 Å². The molecule has 0 aromatic rings. The van der Waals surface area contributed by atoms with Gasteiger partial charge < -0.3 is 10.1 Å². The Labute approximate surface area is 131 Å². The number of Topliss-reactive ketones (excluding diaryl/α,β-unsaturated/α-hetero) is 1. The summed E-state index contributed by atoms with van der Waals surface area (Å²) in [4.78, 5) is 23.5. The summed E-state index contributed by atoms with van der Waals surface area (Å²) < 4.78 is 19.0. The minimum Gasteiger partial charge on any atom is -0.462 e. The molecule has 1 N–H and O–H groups in total. The third-order valence-corrected chi connectivity index (χ3v) is 3.79. The summed E-state index contributed by atoms with van der Waals surface area (Å²) in [6.45, 7) is 7.53. The van der Waals surface area contributed by atoms with Crippen LogP contribution in [0, 0.1) is 0 Å². The van der Waals surface area contributed by atoms with E-state index in [2.05, 4.69) is 5.32 Å².